The molecule has 0 amide bonds. The highest BCUT2D eigenvalue weighted by molar-refractivity contribution is 5.91. The first-order chi connectivity index (χ1) is 13.2. The van der Waals surface area contributed by atoms with E-state index in [2.05, 4.69) is 20.4 Å². The number of fused-ring (bicyclic) bond motifs is 1. The van der Waals surface area contributed by atoms with E-state index in [4.69, 9.17) is 15.8 Å². The van der Waals surface area contributed by atoms with Crippen LogP contribution in [0.25, 0.3) is 10.9 Å². The number of benzene rings is 2. The van der Waals surface area contributed by atoms with Gasteiger partial charge in [-0.15, -0.1) is 0 Å². The van der Waals surface area contributed by atoms with Gasteiger partial charge >= 0.3 is 0 Å². The Bertz CT molecular complexity index is 1180. The van der Waals surface area contributed by atoms with Gasteiger partial charge in [0.25, 0.3) is 0 Å². The molecular formula is C18H12FN7O. The molecule has 0 unspecified atom stereocenters. The molecule has 0 saturated carbocycles. The fourth-order valence-electron chi connectivity index (χ4n) is 2.55. The molecule has 0 aliphatic rings. The number of ether oxygens (including phenoxy) is 1. The van der Waals surface area contributed by atoms with Gasteiger partial charge in [-0.1, -0.05) is 6.07 Å². The predicted octanol–water partition coefficient (Wildman–Crippen LogP) is 3.09. The van der Waals surface area contributed by atoms with E-state index in [-0.39, 0.29) is 11.3 Å². The number of aromatic nitrogens is 4. The monoisotopic (exact) mass is 361 g/mol. The standard InChI is InChI=1S/C18H12FN7O/c19-14-3-1-2-11(9-20)17(14)27-12-4-5-15-13(8-12)18(23-10-22-15)25-16-6-7-24-26(16)21/h1-8,10H,21H2,(H,22,23,25). The predicted molar refractivity (Wildman–Crippen MR) is 96.4 cm³/mol. The highest BCUT2D eigenvalue weighted by Crippen LogP contribution is 2.31. The van der Waals surface area contributed by atoms with Crippen molar-refractivity contribution in [1.29, 1.82) is 5.26 Å². The molecule has 9 heteroatoms. The number of hydrogen-bond donors (Lipinski definition) is 2. The molecule has 0 aliphatic carbocycles. The van der Waals surface area contributed by atoms with Gasteiger partial charge in [-0.3, -0.25) is 0 Å². The third kappa shape index (κ3) is 3.07. The van der Waals surface area contributed by atoms with Crippen LogP contribution in [-0.2, 0) is 0 Å². The Hall–Kier alpha value is -4.19. The number of anilines is 2. The van der Waals surface area contributed by atoms with E-state index in [1.165, 1.54) is 29.3 Å². The largest absolute Gasteiger partial charge is 0.453 e. The van der Waals surface area contributed by atoms with Gasteiger partial charge < -0.3 is 15.9 Å². The highest BCUT2D eigenvalue weighted by Gasteiger charge is 2.13. The highest BCUT2D eigenvalue weighted by atomic mass is 19.1. The number of rotatable bonds is 4. The number of nitriles is 1. The second-order valence-electron chi connectivity index (χ2n) is 5.52. The zero-order chi connectivity index (χ0) is 18.8. The van der Waals surface area contributed by atoms with Crippen molar-refractivity contribution >= 4 is 22.5 Å². The summed E-state index contributed by atoms with van der Waals surface area (Å²) in [4.78, 5) is 9.60. The lowest BCUT2D eigenvalue weighted by Crippen LogP contribution is -2.13. The first-order valence-corrected chi connectivity index (χ1v) is 7.83. The van der Waals surface area contributed by atoms with Gasteiger partial charge in [0.1, 0.15) is 24.0 Å². The molecule has 132 valence electrons. The Labute approximate surface area is 152 Å². The van der Waals surface area contributed by atoms with Crippen LogP contribution in [0.4, 0.5) is 16.0 Å². The van der Waals surface area contributed by atoms with Crippen LogP contribution in [0.5, 0.6) is 11.5 Å². The second kappa shape index (κ2) is 6.61. The molecular weight excluding hydrogens is 349 g/mol. The van der Waals surface area contributed by atoms with E-state index in [1.807, 2.05) is 6.07 Å². The zero-order valence-electron chi connectivity index (χ0n) is 13.8. The third-order valence-corrected chi connectivity index (χ3v) is 3.83. The summed E-state index contributed by atoms with van der Waals surface area (Å²) in [6.07, 6.45) is 2.95. The SMILES string of the molecule is N#Cc1cccc(F)c1Oc1ccc2ncnc(Nc3ccnn3N)c2c1. The number of hydrogen-bond acceptors (Lipinski definition) is 7. The summed E-state index contributed by atoms with van der Waals surface area (Å²) in [6, 6.07) is 12.8. The summed E-state index contributed by atoms with van der Waals surface area (Å²) < 4.78 is 19.7. The van der Waals surface area contributed by atoms with Gasteiger partial charge in [0, 0.05) is 11.5 Å². The molecule has 2 heterocycles. The quantitative estimate of drug-likeness (QED) is 0.537. The maximum Gasteiger partial charge on any atom is 0.180 e. The lowest BCUT2D eigenvalue weighted by molar-refractivity contribution is 0.441. The molecule has 3 N–H and O–H groups in total. The van der Waals surface area contributed by atoms with E-state index in [1.54, 1.807) is 30.5 Å². The number of nitrogens with one attached hydrogen (secondary N) is 1. The molecule has 4 aromatic rings. The van der Waals surface area contributed by atoms with Crippen LogP contribution in [0.3, 0.4) is 0 Å². The maximum atomic E-state index is 14.1. The number of nitrogens with two attached hydrogens (primary N) is 1. The fraction of sp³-hybridized carbons (Fsp3) is 0. The molecule has 0 atom stereocenters. The van der Waals surface area contributed by atoms with E-state index in [9.17, 15) is 4.39 Å². The molecule has 0 aliphatic heterocycles. The first-order valence-electron chi connectivity index (χ1n) is 7.83. The van der Waals surface area contributed by atoms with Crippen LogP contribution in [-0.4, -0.2) is 19.9 Å². The van der Waals surface area contributed by atoms with Crippen LogP contribution >= 0.6 is 0 Å². The lowest BCUT2D eigenvalue weighted by atomic mass is 10.2. The summed E-state index contributed by atoms with van der Waals surface area (Å²) in [7, 11) is 0. The van der Waals surface area contributed by atoms with Gasteiger partial charge in [-0.2, -0.15) is 15.2 Å². The molecule has 0 fully saturated rings. The van der Waals surface area contributed by atoms with Crippen molar-refractivity contribution < 1.29 is 9.13 Å². The fourth-order valence-corrected chi connectivity index (χ4v) is 2.55. The Kier molecular flexibility index (Phi) is 3.99. The Morgan fingerprint density at radius 2 is 2.07 bits per heavy atom. The van der Waals surface area contributed by atoms with Crippen molar-refractivity contribution in [3.8, 4) is 17.6 Å². The number of nitrogen functional groups attached to an aromatic ring is 1. The molecule has 0 spiro atoms. The second-order valence-corrected chi connectivity index (χ2v) is 5.52. The Morgan fingerprint density at radius 1 is 1.19 bits per heavy atom. The summed E-state index contributed by atoms with van der Waals surface area (Å²) in [5, 5.41) is 16.7. The Morgan fingerprint density at radius 3 is 2.85 bits per heavy atom. The molecule has 0 bridgehead atoms. The molecule has 0 radical (unpaired) electrons. The Balaban J connectivity index is 1.75. The smallest absolute Gasteiger partial charge is 0.180 e. The molecule has 2 aromatic heterocycles. The van der Waals surface area contributed by atoms with Crippen molar-refractivity contribution in [2.75, 3.05) is 11.2 Å². The summed E-state index contributed by atoms with van der Waals surface area (Å²) >= 11 is 0. The average molecular weight is 361 g/mol. The van der Waals surface area contributed by atoms with Gasteiger partial charge in [-0.05, 0) is 30.3 Å². The molecule has 27 heavy (non-hydrogen) atoms. The summed E-state index contributed by atoms with van der Waals surface area (Å²) in [5.41, 5.74) is 0.752. The van der Waals surface area contributed by atoms with Gasteiger partial charge in [0.2, 0.25) is 0 Å². The van der Waals surface area contributed by atoms with Gasteiger partial charge in [0.05, 0.1) is 17.3 Å². The molecule has 0 saturated heterocycles. The zero-order valence-corrected chi connectivity index (χ0v) is 13.8. The van der Waals surface area contributed by atoms with E-state index < -0.39 is 5.82 Å². The van der Waals surface area contributed by atoms with Crippen LogP contribution in [0, 0.1) is 17.1 Å². The van der Waals surface area contributed by atoms with Crippen molar-refractivity contribution in [3.05, 3.63) is 66.4 Å². The van der Waals surface area contributed by atoms with Crippen molar-refractivity contribution in [1.82, 2.24) is 19.9 Å². The normalized spacial score (nSPS) is 10.5. The van der Waals surface area contributed by atoms with Crippen LogP contribution < -0.4 is 15.9 Å². The minimum absolute atomic E-state index is 0.102. The average Bonchev–Trinajstić information content (AvgIpc) is 3.08. The lowest BCUT2D eigenvalue weighted by Gasteiger charge is -2.11. The third-order valence-electron chi connectivity index (χ3n) is 3.83. The van der Waals surface area contributed by atoms with E-state index in [0.29, 0.717) is 28.3 Å². The minimum atomic E-state index is -0.621. The van der Waals surface area contributed by atoms with Crippen LogP contribution in [0.15, 0.2) is 55.0 Å². The van der Waals surface area contributed by atoms with Crippen molar-refractivity contribution in [3.63, 3.8) is 0 Å². The maximum absolute atomic E-state index is 14.1. The van der Waals surface area contributed by atoms with Crippen LogP contribution in [0.2, 0.25) is 0 Å². The minimum Gasteiger partial charge on any atom is -0.453 e. The number of nitrogens with zero attached hydrogens (tertiary/aromatic N) is 5. The van der Waals surface area contributed by atoms with Crippen molar-refractivity contribution in [2.24, 2.45) is 0 Å². The summed E-state index contributed by atoms with van der Waals surface area (Å²) in [6.45, 7) is 0. The van der Waals surface area contributed by atoms with Gasteiger partial charge in [0.15, 0.2) is 17.4 Å². The number of para-hydroxylation sites is 1. The van der Waals surface area contributed by atoms with E-state index in [0.717, 1.165) is 0 Å². The van der Waals surface area contributed by atoms with Gasteiger partial charge in [-0.25, -0.2) is 14.4 Å². The molecule has 8 nitrogen and oxygen atoms in total. The number of halogens is 1. The van der Waals surface area contributed by atoms with E-state index >= 15 is 0 Å². The molecule has 2 aromatic carbocycles. The topological polar surface area (TPSA) is 115 Å². The first kappa shape index (κ1) is 16.3. The molecule has 4 rings (SSSR count). The van der Waals surface area contributed by atoms with Crippen molar-refractivity contribution in [2.45, 2.75) is 0 Å². The summed E-state index contributed by atoms with van der Waals surface area (Å²) in [5.74, 6) is 6.31. The van der Waals surface area contributed by atoms with Crippen LogP contribution in [0.1, 0.15) is 5.56 Å².